The van der Waals surface area contributed by atoms with E-state index in [0.717, 1.165) is 10.2 Å². The molecule has 37 heavy (non-hydrogen) atoms. The minimum absolute atomic E-state index is 0.0772. The SMILES string of the molecule is CC1=C(C(=O)Nc2nc3ccccc3s2)C(c2ccco2)C(C#N)=C(SCC(=O)Nc2ccccc2)N1. The summed E-state index contributed by atoms with van der Waals surface area (Å²) in [6.07, 6.45) is 1.50. The van der Waals surface area contributed by atoms with Gasteiger partial charge in [0, 0.05) is 11.4 Å². The van der Waals surface area contributed by atoms with E-state index in [1.807, 2.05) is 42.5 Å². The van der Waals surface area contributed by atoms with Crippen LogP contribution in [0.3, 0.4) is 0 Å². The largest absolute Gasteiger partial charge is 0.468 e. The highest BCUT2D eigenvalue weighted by atomic mass is 32.2. The number of para-hydroxylation sites is 2. The molecule has 0 fully saturated rings. The number of benzene rings is 2. The molecule has 1 unspecified atom stereocenters. The first-order valence-corrected chi connectivity index (χ1v) is 13.1. The number of amides is 2. The lowest BCUT2D eigenvalue weighted by atomic mass is 9.85. The van der Waals surface area contributed by atoms with Crippen LogP contribution < -0.4 is 16.0 Å². The van der Waals surface area contributed by atoms with Gasteiger partial charge in [0.15, 0.2) is 5.13 Å². The van der Waals surface area contributed by atoms with Crippen molar-refractivity contribution in [3.8, 4) is 6.07 Å². The van der Waals surface area contributed by atoms with E-state index in [-0.39, 0.29) is 17.6 Å². The van der Waals surface area contributed by atoms with Gasteiger partial charge in [0.05, 0.1) is 50.4 Å². The van der Waals surface area contributed by atoms with Crippen molar-refractivity contribution in [1.82, 2.24) is 10.3 Å². The van der Waals surface area contributed by atoms with E-state index in [9.17, 15) is 14.9 Å². The Balaban J connectivity index is 1.40. The Bertz CT molecular complexity index is 1530. The fraction of sp³-hybridized carbons (Fsp3) is 0.111. The van der Waals surface area contributed by atoms with Crippen molar-refractivity contribution in [1.29, 1.82) is 5.26 Å². The molecule has 4 aromatic rings. The lowest BCUT2D eigenvalue weighted by molar-refractivity contribution is -0.114. The first-order valence-electron chi connectivity index (χ1n) is 11.3. The molecular formula is C27H21N5O3S2. The standard InChI is InChI=1S/C27H21N5O3S2/c1-16-23(25(34)32-27-31-19-10-5-6-12-21(19)37-27)24(20-11-7-13-35-20)18(14-28)26(29-16)36-15-22(33)30-17-8-3-2-4-9-17/h2-13,24,29H,15H2,1H3,(H,30,33)(H,31,32,34). The Morgan fingerprint density at radius 2 is 1.89 bits per heavy atom. The molecule has 0 saturated carbocycles. The van der Waals surface area contributed by atoms with Gasteiger partial charge in [0.2, 0.25) is 5.91 Å². The zero-order valence-corrected chi connectivity index (χ0v) is 21.3. The maximum Gasteiger partial charge on any atom is 0.256 e. The number of aromatic nitrogens is 1. The summed E-state index contributed by atoms with van der Waals surface area (Å²) in [5.41, 5.74) is 2.70. The van der Waals surface area contributed by atoms with Crippen LogP contribution in [0.2, 0.25) is 0 Å². The van der Waals surface area contributed by atoms with Crippen molar-refractivity contribution in [3.05, 3.63) is 101 Å². The fourth-order valence-corrected chi connectivity index (χ4v) is 5.77. The number of nitrogens with zero attached hydrogens (tertiary/aromatic N) is 2. The smallest absolute Gasteiger partial charge is 0.256 e. The molecule has 8 nitrogen and oxygen atoms in total. The second-order valence-corrected chi connectivity index (χ2v) is 10.1. The monoisotopic (exact) mass is 527 g/mol. The summed E-state index contributed by atoms with van der Waals surface area (Å²) in [6, 6.07) is 22.5. The van der Waals surface area contributed by atoms with Gasteiger partial charge in [-0.1, -0.05) is 53.4 Å². The molecule has 2 aromatic carbocycles. The highest BCUT2D eigenvalue weighted by Gasteiger charge is 2.36. The van der Waals surface area contributed by atoms with E-state index < -0.39 is 5.92 Å². The minimum Gasteiger partial charge on any atom is -0.468 e. The molecule has 0 bridgehead atoms. The Labute approximate surface area is 221 Å². The molecule has 10 heteroatoms. The third-order valence-corrected chi connectivity index (χ3v) is 7.61. The highest BCUT2D eigenvalue weighted by Crippen LogP contribution is 2.41. The van der Waals surface area contributed by atoms with Gasteiger partial charge in [-0.25, -0.2) is 4.98 Å². The van der Waals surface area contributed by atoms with Crippen LogP contribution in [-0.4, -0.2) is 22.6 Å². The molecule has 2 aromatic heterocycles. The molecule has 0 radical (unpaired) electrons. The minimum atomic E-state index is -0.740. The van der Waals surface area contributed by atoms with E-state index in [2.05, 4.69) is 27.0 Å². The number of allylic oxidation sites excluding steroid dienone is 2. The third-order valence-electron chi connectivity index (χ3n) is 5.64. The number of furan rings is 1. The van der Waals surface area contributed by atoms with Crippen LogP contribution in [-0.2, 0) is 9.59 Å². The van der Waals surface area contributed by atoms with E-state index in [0.29, 0.717) is 38.5 Å². The Morgan fingerprint density at radius 3 is 2.62 bits per heavy atom. The summed E-state index contributed by atoms with van der Waals surface area (Å²) < 4.78 is 6.61. The molecule has 1 atom stereocenters. The lowest BCUT2D eigenvalue weighted by Gasteiger charge is -2.28. The topological polar surface area (TPSA) is 120 Å². The number of fused-ring (bicyclic) bond motifs is 1. The number of carbonyl (C=O) groups excluding carboxylic acids is 2. The van der Waals surface area contributed by atoms with Gasteiger partial charge in [-0.2, -0.15) is 5.26 Å². The molecule has 1 aliphatic rings. The van der Waals surface area contributed by atoms with Crippen LogP contribution in [0.4, 0.5) is 10.8 Å². The van der Waals surface area contributed by atoms with Gasteiger partial charge in [0.25, 0.3) is 5.91 Å². The number of thioether (sulfide) groups is 1. The van der Waals surface area contributed by atoms with Crippen molar-refractivity contribution >= 4 is 55.9 Å². The van der Waals surface area contributed by atoms with Crippen LogP contribution in [0.15, 0.2) is 99.3 Å². The Hall–Kier alpha value is -4.33. The number of rotatable bonds is 7. The average Bonchev–Trinajstić information content (AvgIpc) is 3.57. The molecule has 184 valence electrons. The van der Waals surface area contributed by atoms with Crippen molar-refractivity contribution in [3.63, 3.8) is 0 Å². The van der Waals surface area contributed by atoms with Crippen LogP contribution in [0.5, 0.6) is 0 Å². The molecule has 2 amide bonds. The second-order valence-electron chi connectivity index (χ2n) is 8.11. The van der Waals surface area contributed by atoms with Crippen molar-refractivity contribution < 1.29 is 14.0 Å². The van der Waals surface area contributed by atoms with Crippen molar-refractivity contribution in [2.45, 2.75) is 12.8 Å². The number of nitrogens with one attached hydrogen (secondary N) is 3. The highest BCUT2D eigenvalue weighted by molar-refractivity contribution is 8.03. The first kappa shape index (κ1) is 24.4. The van der Waals surface area contributed by atoms with E-state index in [1.54, 1.807) is 31.2 Å². The molecule has 1 aliphatic heterocycles. The Morgan fingerprint density at radius 1 is 1.11 bits per heavy atom. The number of hydrogen-bond acceptors (Lipinski definition) is 8. The number of dihydropyridines is 1. The van der Waals surface area contributed by atoms with Crippen LogP contribution in [0.25, 0.3) is 10.2 Å². The molecule has 3 heterocycles. The molecule has 3 N–H and O–H groups in total. The van der Waals surface area contributed by atoms with Crippen LogP contribution in [0, 0.1) is 11.3 Å². The predicted molar refractivity (Wildman–Crippen MR) is 146 cm³/mol. The fourth-order valence-electron chi connectivity index (χ4n) is 4.01. The number of thiazole rings is 1. The van der Waals surface area contributed by atoms with Crippen molar-refractivity contribution in [2.75, 3.05) is 16.4 Å². The maximum atomic E-state index is 13.5. The molecule has 5 rings (SSSR count). The summed E-state index contributed by atoms with van der Waals surface area (Å²) >= 11 is 2.57. The Kier molecular flexibility index (Phi) is 7.07. The van der Waals surface area contributed by atoms with Crippen molar-refractivity contribution in [2.24, 2.45) is 0 Å². The zero-order chi connectivity index (χ0) is 25.8. The van der Waals surface area contributed by atoms with Gasteiger partial charge >= 0.3 is 0 Å². The van der Waals surface area contributed by atoms with Gasteiger partial charge in [0.1, 0.15) is 5.76 Å². The van der Waals surface area contributed by atoms with Gasteiger partial charge in [-0.15, -0.1) is 0 Å². The second kappa shape index (κ2) is 10.7. The maximum absolute atomic E-state index is 13.5. The zero-order valence-electron chi connectivity index (χ0n) is 19.6. The summed E-state index contributed by atoms with van der Waals surface area (Å²) in [5, 5.41) is 20.0. The van der Waals surface area contributed by atoms with E-state index in [1.165, 1.54) is 29.4 Å². The molecule has 0 spiro atoms. The number of carbonyl (C=O) groups is 2. The average molecular weight is 528 g/mol. The lowest BCUT2D eigenvalue weighted by Crippen LogP contribution is -2.31. The quantitative estimate of drug-likeness (QED) is 0.286. The van der Waals surface area contributed by atoms with Crippen LogP contribution >= 0.6 is 23.1 Å². The van der Waals surface area contributed by atoms with Crippen LogP contribution in [0.1, 0.15) is 18.6 Å². The summed E-state index contributed by atoms with van der Waals surface area (Å²) in [7, 11) is 0. The number of anilines is 2. The summed E-state index contributed by atoms with van der Waals surface area (Å²) in [6.45, 7) is 1.77. The number of nitriles is 1. The first-order chi connectivity index (χ1) is 18.0. The van der Waals surface area contributed by atoms with E-state index in [4.69, 9.17) is 4.42 Å². The van der Waals surface area contributed by atoms with Gasteiger partial charge < -0.3 is 15.1 Å². The summed E-state index contributed by atoms with van der Waals surface area (Å²) in [5.74, 6) is -0.801. The van der Waals surface area contributed by atoms with E-state index >= 15 is 0 Å². The summed E-state index contributed by atoms with van der Waals surface area (Å²) in [4.78, 5) is 30.5. The predicted octanol–water partition coefficient (Wildman–Crippen LogP) is 5.60. The molecular weight excluding hydrogens is 506 g/mol. The van der Waals surface area contributed by atoms with Gasteiger partial charge in [-0.05, 0) is 43.3 Å². The number of hydrogen-bond donors (Lipinski definition) is 3. The third kappa shape index (κ3) is 5.28. The normalized spacial score (nSPS) is 15.3. The van der Waals surface area contributed by atoms with Gasteiger partial charge in [-0.3, -0.25) is 14.9 Å². The molecule has 0 saturated heterocycles. The molecule has 0 aliphatic carbocycles.